The van der Waals surface area contributed by atoms with Crippen molar-refractivity contribution >= 4 is 38.9 Å². The molecular weight excluding hydrogens is 334 g/mol. The van der Waals surface area contributed by atoms with E-state index < -0.39 is 0 Å². The van der Waals surface area contributed by atoms with Gasteiger partial charge in [-0.25, -0.2) is 0 Å². The molecule has 3 N–H and O–H groups in total. The van der Waals surface area contributed by atoms with Gasteiger partial charge in [0.1, 0.15) is 0 Å². The molecular formula is C15H16BrN3O2. The monoisotopic (exact) mass is 349 g/mol. The highest BCUT2D eigenvalue weighted by Gasteiger charge is 2.18. The van der Waals surface area contributed by atoms with Gasteiger partial charge in [-0.3, -0.25) is 4.79 Å². The minimum atomic E-state index is -0.285. The minimum absolute atomic E-state index is 0.261. The SMILES string of the molecule is Nc1ccc(N2CCCC2)c(NC(=O)c2ccc(Br)o2)c1. The lowest BCUT2D eigenvalue weighted by Gasteiger charge is -2.21. The molecule has 2 aromatic rings. The molecule has 1 fully saturated rings. The zero-order valence-electron chi connectivity index (χ0n) is 11.4. The largest absolute Gasteiger partial charge is 0.444 e. The van der Waals surface area contributed by atoms with Gasteiger partial charge in [0.25, 0.3) is 5.91 Å². The maximum absolute atomic E-state index is 12.2. The highest BCUT2D eigenvalue weighted by atomic mass is 79.9. The predicted molar refractivity (Wildman–Crippen MR) is 86.7 cm³/mol. The van der Waals surface area contributed by atoms with Gasteiger partial charge in [0.15, 0.2) is 10.4 Å². The van der Waals surface area contributed by atoms with E-state index in [4.69, 9.17) is 10.2 Å². The lowest BCUT2D eigenvalue weighted by atomic mass is 10.2. The molecule has 0 atom stereocenters. The Labute approximate surface area is 131 Å². The number of nitrogen functional groups attached to an aromatic ring is 1. The first-order valence-corrected chi connectivity index (χ1v) is 7.64. The number of amides is 1. The molecule has 1 aliphatic rings. The molecule has 6 heteroatoms. The number of halogens is 1. The first-order chi connectivity index (χ1) is 10.1. The smallest absolute Gasteiger partial charge is 0.291 e. The van der Waals surface area contributed by atoms with Crippen LogP contribution in [0.15, 0.2) is 39.4 Å². The van der Waals surface area contributed by atoms with Crippen LogP contribution in [0, 0.1) is 0 Å². The van der Waals surface area contributed by atoms with E-state index in [1.165, 1.54) is 12.8 Å². The fraction of sp³-hybridized carbons (Fsp3) is 0.267. The molecule has 21 heavy (non-hydrogen) atoms. The quantitative estimate of drug-likeness (QED) is 0.832. The third-order valence-corrected chi connectivity index (χ3v) is 3.94. The summed E-state index contributed by atoms with van der Waals surface area (Å²) in [7, 11) is 0. The number of benzene rings is 1. The van der Waals surface area contributed by atoms with Crippen LogP contribution in [0.25, 0.3) is 0 Å². The van der Waals surface area contributed by atoms with Gasteiger partial charge in [-0.15, -0.1) is 0 Å². The summed E-state index contributed by atoms with van der Waals surface area (Å²) in [5.41, 5.74) is 8.18. The van der Waals surface area contributed by atoms with Crippen molar-refractivity contribution in [2.75, 3.05) is 29.0 Å². The third-order valence-electron chi connectivity index (χ3n) is 3.51. The summed E-state index contributed by atoms with van der Waals surface area (Å²) in [4.78, 5) is 14.5. The lowest BCUT2D eigenvalue weighted by Crippen LogP contribution is -2.21. The maximum atomic E-state index is 12.2. The van der Waals surface area contributed by atoms with E-state index in [1.807, 2.05) is 12.1 Å². The van der Waals surface area contributed by atoms with Crippen molar-refractivity contribution in [1.82, 2.24) is 0 Å². The molecule has 0 spiro atoms. The van der Waals surface area contributed by atoms with Crippen molar-refractivity contribution in [3.63, 3.8) is 0 Å². The zero-order valence-corrected chi connectivity index (χ0v) is 13.0. The number of nitrogens with two attached hydrogens (primary N) is 1. The standard InChI is InChI=1S/C15H16BrN3O2/c16-14-6-5-13(21-14)15(20)18-11-9-10(17)3-4-12(11)19-7-1-2-8-19/h3-6,9H,1-2,7-8,17H2,(H,18,20). The molecule has 0 aliphatic carbocycles. The number of nitrogens with one attached hydrogen (secondary N) is 1. The molecule has 1 saturated heterocycles. The average molecular weight is 350 g/mol. The Bertz CT molecular complexity index is 663. The number of furan rings is 1. The van der Waals surface area contributed by atoms with Crippen molar-refractivity contribution in [2.24, 2.45) is 0 Å². The molecule has 1 aliphatic heterocycles. The Morgan fingerprint density at radius 2 is 2.00 bits per heavy atom. The number of hydrogen-bond donors (Lipinski definition) is 2. The van der Waals surface area contributed by atoms with Crippen LogP contribution in [-0.4, -0.2) is 19.0 Å². The first-order valence-electron chi connectivity index (χ1n) is 6.84. The molecule has 2 heterocycles. The average Bonchev–Trinajstić information content (AvgIpc) is 3.10. The molecule has 1 amide bonds. The van der Waals surface area contributed by atoms with Crippen LogP contribution in [0.3, 0.4) is 0 Å². The third kappa shape index (κ3) is 3.05. The maximum Gasteiger partial charge on any atom is 0.291 e. The van der Waals surface area contributed by atoms with E-state index in [1.54, 1.807) is 18.2 Å². The van der Waals surface area contributed by atoms with E-state index >= 15 is 0 Å². The van der Waals surface area contributed by atoms with Gasteiger partial charge < -0.3 is 20.4 Å². The van der Waals surface area contributed by atoms with E-state index in [-0.39, 0.29) is 11.7 Å². The van der Waals surface area contributed by atoms with E-state index in [9.17, 15) is 4.79 Å². The zero-order chi connectivity index (χ0) is 14.8. The molecule has 1 aromatic carbocycles. The second-order valence-corrected chi connectivity index (χ2v) is 5.81. The molecule has 0 bridgehead atoms. The van der Waals surface area contributed by atoms with Crippen LogP contribution in [0.1, 0.15) is 23.4 Å². The number of anilines is 3. The molecule has 5 nitrogen and oxygen atoms in total. The molecule has 110 valence electrons. The number of carbonyl (C=O) groups excluding carboxylic acids is 1. The van der Waals surface area contributed by atoms with Gasteiger partial charge in [0, 0.05) is 18.8 Å². The summed E-state index contributed by atoms with van der Waals surface area (Å²) in [5.74, 6) is -0.0246. The summed E-state index contributed by atoms with van der Waals surface area (Å²) < 4.78 is 5.80. The number of carbonyl (C=O) groups is 1. The fourth-order valence-corrected chi connectivity index (χ4v) is 2.81. The van der Waals surface area contributed by atoms with Crippen molar-refractivity contribution in [2.45, 2.75) is 12.8 Å². The molecule has 1 aromatic heterocycles. The summed E-state index contributed by atoms with van der Waals surface area (Å²) in [6, 6.07) is 8.90. The highest BCUT2D eigenvalue weighted by molar-refractivity contribution is 9.10. The Hall–Kier alpha value is -1.95. The van der Waals surface area contributed by atoms with Crippen molar-refractivity contribution in [3.8, 4) is 0 Å². The van der Waals surface area contributed by atoms with Crippen LogP contribution >= 0.6 is 15.9 Å². The van der Waals surface area contributed by atoms with Crippen LogP contribution in [-0.2, 0) is 0 Å². The van der Waals surface area contributed by atoms with Crippen LogP contribution in [0.5, 0.6) is 0 Å². The fourth-order valence-electron chi connectivity index (χ4n) is 2.51. The Kier molecular flexibility index (Phi) is 3.88. The van der Waals surface area contributed by atoms with E-state index in [0.717, 1.165) is 24.5 Å². The summed E-state index contributed by atoms with van der Waals surface area (Å²) in [6.07, 6.45) is 2.34. The van der Waals surface area contributed by atoms with Gasteiger partial charge in [0.05, 0.1) is 11.4 Å². The van der Waals surface area contributed by atoms with Crippen molar-refractivity contribution < 1.29 is 9.21 Å². The second kappa shape index (κ2) is 5.81. The Morgan fingerprint density at radius 3 is 2.67 bits per heavy atom. The molecule has 3 rings (SSSR count). The summed E-state index contributed by atoms with van der Waals surface area (Å²) >= 11 is 3.19. The van der Waals surface area contributed by atoms with E-state index in [2.05, 4.69) is 26.1 Å². The van der Waals surface area contributed by atoms with Crippen LogP contribution < -0.4 is 16.0 Å². The minimum Gasteiger partial charge on any atom is -0.444 e. The lowest BCUT2D eigenvalue weighted by molar-refractivity contribution is 0.0995. The normalized spacial score (nSPS) is 14.4. The van der Waals surface area contributed by atoms with Crippen LogP contribution in [0.4, 0.5) is 17.1 Å². The van der Waals surface area contributed by atoms with Gasteiger partial charge in [-0.2, -0.15) is 0 Å². The van der Waals surface area contributed by atoms with Gasteiger partial charge in [-0.1, -0.05) is 0 Å². The second-order valence-electron chi connectivity index (χ2n) is 5.03. The number of hydrogen-bond acceptors (Lipinski definition) is 4. The first kappa shape index (κ1) is 14.0. The van der Waals surface area contributed by atoms with Gasteiger partial charge >= 0.3 is 0 Å². The predicted octanol–water partition coefficient (Wildman–Crippen LogP) is 3.48. The Morgan fingerprint density at radius 1 is 1.24 bits per heavy atom. The summed E-state index contributed by atoms with van der Waals surface area (Å²) in [6.45, 7) is 2.00. The number of nitrogens with zero attached hydrogens (tertiary/aromatic N) is 1. The highest BCUT2D eigenvalue weighted by Crippen LogP contribution is 2.31. The molecule has 0 unspecified atom stereocenters. The molecule has 0 saturated carbocycles. The summed E-state index contributed by atoms with van der Waals surface area (Å²) in [5, 5.41) is 2.88. The Balaban J connectivity index is 1.86. The number of rotatable bonds is 3. The van der Waals surface area contributed by atoms with Crippen molar-refractivity contribution in [1.29, 1.82) is 0 Å². The molecule has 0 radical (unpaired) electrons. The van der Waals surface area contributed by atoms with Crippen LogP contribution in [0.2, 0.25) is 0 Å². The van der Waals surface area contributed by atoms with Crippen molar-refractivity contribution in [3.05, 3.63) is 40.8 Å². The van der Waals surface area contributed by atoms with Gasteiger partial charge in [0.2, 0.25) is 0 Å². The van der Waals surface area contributed by atoms with E-state index in [0.29, 0.717) is 10.4 Å². The van der Waals surface area contributed by atoms with Gasteiger partial charge in [-0.05, 0) is 59.1 Å². The topological polar surface area (TPSA) is 71.5 Å².